The van der Waals surface area contributed by atoms with Gasteiger partial charge in [-0.15, -0.1) is 0 Å². The smallest absolute Gasteiger partial charge is 0.254 e. The first-order valence-corrected chi connectivity index (χ1v) is 7.65. The Labute approximate surface area is 136 Å². The SMILES string of the molecule is Cc1ccc(C(CNC(=O)c2cc(C)oc2C)OCCO)cc1. The quantitative estimate of drug-likeness (QED) is 0.823. The van der Waals surface area contributed by atoms with Crippen LogP contribution in [0.3, 0.4) is 0 Å². The molecule has 2 aromatic rings. The van der Waals surface area contributed by atoms with E-state index in [1.165, 1.54) is 0 Å². The third-order valence-electron chi connectivity index (χ3n) is 3.59. The van der Waals surface area contributed by atoms with Crippen LogP contribution < -0.4 is 5.32 Å². The number of furan rings is 1. The van der Waals surface area contributed by atoms with E-state index in [4.69, 9.17) is 14.3 Å². The molecule has 2 N–H and O–H groups in total. The maximum atomic E-state index is 12.3. The highest BCUT2D eigenvalue weighted by Crippen LogP contribution is 2.18. The second kappa shape index (κ2) is 7.94. The Bertz CT molecular complexity index is 646. The van der Waals surface area contributed by atoms with Gasteiger partial charge in [0.2, 0.25) is 0 Å². The van der Waals surface area contributed by atoms with Crippen LogP contribution in [0.4, 0.5) is 0 Å². The van der Waals surface area contributed by atoms with Crippen LogP contribution >= 0.6 is 0 Å². The molecule has 1 aromatic carbocycles. The van der Waals surface area contributed by atoms with E-state index in [0.717, 1.165) is 11.1 Å². The van der Waals surface area contributed by atoms with Crippen LogP contribution in [0.1, 0.15) is 39.1 Å². The minimum atomic E-state index is -0.306. The standard InChI is InChI=1S/C18H23NO4/c1-12-4-6-15(7-5-12)17(22-9-8-20)11-19-18(21)16-10-13(2)23-14(16)3/h4-7,10,17,20H,8-9,11H2,1-3H3,(H,19,21). The molecule has 1 aromatic heterocycles. The maximum Gasteiger partial charge on any atom is 0.254 e. The summed E-state index contributed by atoms with van der Waals surface area (Å²) in [6.45, 7) is 6.07. The Morgan fingerprint density at radius 2 is 1.96 bits per heavy atom. The number of ether oxygens (including phenoxy) is 1. The first-order chi connectivity index (χ1) is 11.0. The van der Waals surface area contributed by atoms with Gasteiger partial charge in [-0.3, -0.25) is 4.79 Å². The molecule has 0 aliphatic rings. The number of aryl methyl sites for hydroxylation is 3. The Kier molecular flexibility index (Phi) is 5.96. The highest BCUT2D eigenvalue weighted by atomic mass is 16.5. The van der Waals surface area contributed by atoms with E-state index < -0.39 is 0 Å². The number of benzene rings is 1. The van der Waals surface area contributed by atoms with Gasteiger partial charge in [0, 0.05) is 6.54 Å². The van der Waals surface area contributed by atoms with E-state index in [1.54, 1.807) is 13.0 Å². The van der Waals surface area contributed by atoms with Crippen LogP contribution in [-0.2, 0) is 4.74 Å². The van der Waals surface area contributed by atoms with Gasteiger partial charge in [-0.05, 0) is 32.4 Å². The first kappa shape index (κ1) is 17.2. The molecule has 1 heterocycles. The number of rotatable bonds is 7. The Balaban J connectivity index is 2.04. The summed E-state index contributed by atoms with van der Waals surface area (Å²) in [6, 6.07) is 9.65. The molecule has 1 unspecified atom stereocenters. The van der Waals surface area contributed by atoms with Gasteiger partial charge >= 0.3 is 0 Å². The van der Waals surface area contributed by atoms with E-state index in [2.05, 4.69) is 5.32 Å². The predicted molar refractivity (Wildman–Crippen MR) is 87.5 cm³/mol. The normalized spacial score (nSPS) is 12.2. The van der Waals surface area contributed by atoms with Crippen molar-refractivity contribution < 1.29 is 19.1 Å². The number of hydrogen-bond donors (Lipinski definition) is 2. The van der Waals surface area contributed by atoms with Crippen molar-refractivity contribution >= 4 is 5.91 Å². The molecular formula is C18H23NO4. The zero-order valence-corrected chi connectivity index (χ0v) is 13.8. The predicted octanol–water partition coefficient (Wildman–Crippen LogP) is 2.68. The summed E-state index contributed by atoms with van der Waals surface area (Å²) < 4.78 is 11.0. The number of aliphatic hydroxyl groups is 1. The molecule has 23 heavy (non-hydrogen) atoms. The molecule has 1 amide bonds. The van der Waals surface area contributed by atoms with Crippen LogP contribution in [0.25, 0.3) is 0 Å². The van der Waals surface area contributed by atoms with E-state index in [-0.39, 0.29) is 25.2 Å². The van der Waals surface area contributed by atoms with Gasteiger partial charge in [-0.25, -0.2) is 0 Å². The highest BCUT2D eigenvalue weighted by molar-refractivity contribution is 5.95. The Hall–Kier alpha value is -2.11. The Morgan fingerprint density at radius 3 is 2.52 bits per heavy atom. The average Bonchev–Trinajstić information content (AvgIpc) is 2.87. The van der Waals surface area contributed by atoms with Crippen molar-refractivity contribution in [3.63, 3.8) is 0 Å². The van der Waals surface area contributed by atoms with Crippen molar-refractivity contribution in [1.82, 2.24) is 5.32 Å². The molecule has 0 saturated heterocycles. The fraction of sp³-hybridized carbons (Fsp3) is 0.389. The topological polar surface area (TPSA) is 71.7 Å². The summed E-state index contributed by atoms with van der Waals surface area (Å²) in [6.07, 6.45) is -0.306. The van der Waals surface area contributed by atoms with Crippen LogP contribution in [0.2, 0.25) is 0 Å². The molecule has 1 atom stereocenters. The summed E-state index contributed by atoms with van der Waals surface area (Å²) in [7, 11) is 0. The van der Waals surface area contributed by atoms with Crippen LogP contribution in [0.5, 0.6) is 0 Å². The van der Waals surface area contributed by atoms with Crippen molar-refractivity contribution in [2.45, 2.75) is 26.9 Å². The van der Waals surface area contributed by atoms with Crippen molar-refractivity contribution in [1.29, 1.82) is 0 Å². The van der Waals surface area contributed by atoms with E-state index >= 15 is 0 Å². The van der Waals surface area contributed by atoms with Crippen molar-refractivity contribution in [3.05, 3.63) is 58.5 Å². The molecule has 0 bridgehead atoms. The lowest BCUT2D eigenvalue weighted by atomic mass is 10.1. The number of carbonyl (C=O) groups excluding carboxylic acids is 1. The summed E-state index contributed by atoms with van der Waals surface area (Å²) >= 11 is 0. The third-order valence-corrected chi connectivity index (χ3v) is 3.59. The average molecular weight is 317 g/mol. The molecule has 0 saturated carbocycles. The van der Waals surface area contributed by atoms with E-state index in [9.17, 15) is 4.79 Å². The highest BCUT2D eigenvalue weighted by Gasteiger charge is 2.17. The molecule has 0 aliphatic carbocycles. The van der Waals surface area contributed by atoms with Crippen LogP contribution in [0.15, 0.2) is 34.7 Å². The molecule has 2 rings (SSSR count). The summed E-state index contributed by atoms with van der Waals surface area (Å²) in [4.78, 5) is 12.3. The Morgan fingerprint density at radius 1 is 1.26 bits per heavy atom. The summed E-state index contributed by atoms with van der Waals surface area (Å²) in [5.74, 6) is 1.12. The molecule has 0 spiro atoms. The molecule has 5 nitrogen and oxygen atoms in total. The van der Waals surface area contributed by atoms with Crippen molar-refractivity contribution in [2.75, 3.05) is 19.8 Å². The lowest BCUT2D eigenvalue weighted by Gasteiger charge is -2.18. The number of nitrogens with one attached hydrogen (secondary N) is 1. The summed E-state index contributed by atoms with van der Waals surface area (Å²) in [5.41, 5.74) is 2.65. The second-order valence-corrected chi connectivity index (χ2v) is 5.53. The number of hydrogen-bond acceptors (Lipinski definition) is 4. The number of carbonyl (C=O) groups is 1. The van der Waals surface area contributed by atoms with Crippen molar-refractivity contribution in [3.8, 4) is 0 Å². The molecule has 0 fully saturated rings. The molecular weight excluding hydrogens is 294 g/mol. The molecule has 0 radical (unpaired) electrons. The second-order valence-electron chi connectivity index (χ2n) is 5.53. The van der Waals surface area contributed by atoms with Crippen molar-refractivity contribution in [2.24, 2.45) is 0 Å². The van der Waals surface area contributed by atoms with Crippen LogP contribution in [-0.4, -0.2) is 30.8 Å². The third kappa shape index (κ3) is 4.68. The van der Waals surface area contributed by atoms with Gasteiger partial charge in [0.15, 0.2) is 0 Å². The lowest BCUT2D eigenvalue weighted by molar-refractivity contribution is 0.0277. The zero-order valence-electron chi connectivity index (χ0n) is 13.8. The molecule has 5 heteroatoms. The van der Waals surface area contributed by atoms with Crippen LogP contribution in [0, 0.1) is 20.8 Å². The number of amides is 1. The largest absolute Gasteiger partial charge is 0.466 e. The number of aliphatic hydroxyl groups excluding tert-OH is 1. The van der Waals surface area contributed by atoms with Gasteiger partial charge in [0.05, 0.1) is 24.9 Å². The van der Waals surface area contributed by atoms with Gasteiger partial charge in [-0.1, -0.05) is 29.8 Å². The van der Waals surface area contributed by atoms with Gasteiger partial charge < -0.3 is 19.6 Å². The van der Waals surface area contributed by atoms with E-state index in [1.807, 2.05) is 38.1 Å². The van der Waals surface area contributed by atoms with Gasteiger partial charge in [0.25, 0.3) is 5.91 Å². The minimum absolute atomic E-state index is 0.0592. The minimum Gasteiger partial charge on any atom is -0.466 e. The molecule has 0 aliphatic heterocycles. The van der Waals surface area contributed by atoms with E-state index in [0.29, 0.717) is 23.6 Å². The maximum absolute atomic E-state index is 12.3. The monoisotopic (exact) mass is 317 g/mol. The van der Waals surface area contributed by atoms with Gasteiger partial charge in [-0.2, -0.15) is 0 Å². The zero-order chi connectivity index (χ0) is 16.8. The molecule has 124 valence electrons. The summed E-state index contributed by atoms with van der Waals surface area (Å²) in [5, 5.41) is 11.8. The first-order valence-electron chi connectivity index (χ1n) is 7.65. The fourth-order valence-corrected chi connectivity index (χ4v) is 2.39. The fourth-order valence-electron chi connectivity index (χ4n) is 2.39. The lowest BCUT2D eigenvalue weighted by Crippen LogP contribution is -2.30. The van der Waals surface area contributed by atoms with Gasteiger partial charge in [0.1, 0.15) is 11.5 Å².